The molecule has 0 aromatic carbocycles. The van der Waals surface area contributed by atoms with Crippen molar-refractivity contribution in [3.05, 3.63) is 21.1 Å². The van der Waals surface area contributed by atoms with Crippen LogP contribution in [0.3, 0.4) is 0 Å². The fraction of sp³-hybridized carbons (Fsp3) is 0.636. The zero-order valence-electron chi connectivity index (χ0n) is 10.3. The molecule has 0 saturated carbocycles. The van der Waals surface area contributed by atoms with E-state index >= 15 is 0 Å². The minimum Gasteiger partial charge on any atom is -0.388 e. The van der Waals surface area contributed by atoms with Crippen LogP contribution in [0, 0.1) is 10.1 Å². The second-order valence-electron chi connectivity index (χ2n) is 4.36. The highest BCUT2D eigenvalue weighted by Gasteiger charge is 2.30. The third kappa shape index (κ3) is 2.47. The summed E-state index contributed by atoms with van der Waals surface area (Å²) in [5.74, 6) is 0. The van der Waals surface area contributed by atoms with Gasteiger partial charge in [0, 0.05) is 31.1 Å². The number of aliphatic hydroxyl groups excluding tert-OH is 1. The number of hydrogen-bond acceptors (Lipinski definition) is 6. The number of aliphatic hydroxyl groups is 1. The van der Waals surface area contributed by atoms with Crippen LogP contribution < -0.4 is 4.90 Å². The summed E-state index contributed by atoms with van der Waals surface area (Å²) >= 11 is 1.28. The zero-order valence-corrected chi connectivity index (χ0v) is 11.1. The van der Waals surface area contributed by atoms with Gasteiger partial charge in [-0.25, -0.2) is 0 Å². The summed E-state index contributed by atoms with van der Waals surface area (Å²) in [4.78, 5) is 13.2. The molecule has 0 amide bonds. The Kier molecular flexibility index (Phi) is 3.84. The van der Waals surface area contributed by atoms with Crippen molar-refractivity contribution in [3.8, 4) is 0 Å². The maximum absolute atomic E-state index is 11.0. The van der Waals surface area contributed by atoms with Gasteiger partial charge in [0.15, 0.2) is 5.00 Å². The van der Waals surface area contributed by atoms with E-state index in [0.717, 1.165) is 13.0 Å². The summed E-state index contributed by atoms with van der Waals surface area (Å²) in [5.41, 5.74) is 0.0765. The average molecular weight is 272 g/mol. The SMILES string of the molecule is COC1CCN(c2sc([C@@H](C)O)cc2[N+](=O)[O-])C1. The normalized spacial score (nSPS) is 21.3. The van der Waals surface area contributed by atoms with E-state index in [1.807, 2.05) is 4.90 Å². The molecule has 1 unspecified atom stereocenters. The van der Waals surface area contributed by atoms with E-state index < -0.39 is 11.0 Å². The van der Waals surface area contributed by atoms with Crippen molar-refractivity contribution in [3.63, 3.8) is 0 Å². The number of hydrogen-bond donors (Lipinski definition) is 1. The van der Waals surface area contributed by atoms with Crippen molar-refractivity contribution in [2.75, 3.05) is 25.1 Å². The second kappa shape index (κ2) is 5.21. The fourth-order valence-electron chi connectivity index (χ4n) is 2.06. The molecule has 0 aliphatic carbocycles. The molecule has 6 nitrogen and oxygen atoms in total. The Morgan fingerprint density at radius 3 is 2.94 bits per heavy atom. The van der Waals surface area contributed by atoms with Gasteiger partial charge in [-0.15, -0.1) is 11.3 Å². The van der Waals surface area contributed by atoms with Gasteiger partial charge in [-0.2, -0.15) is 0 Å². The Morgan fingerprint density at radius 1 is 1.72 bits per heavy atom. The molecule has 100 valence electrons. The van der Waals surface area contributed by atoms with Crippen LogP contribution in [-0.4, -0.2) is 36.3 Å². The number of anilines is 1. The number of thiophene rings is 1. The van der Waals surface area contributed by atoms with E-state index in [4.69, 9.17) is 4.74 Å². The van der Waals surface area contributed by atoms with E-state index in [1.165, 1.54) is 17.4 Å². The second-order valence-corrected chi connectivity index (χ2v) is 5.43. The van der Waals surface area contributed by atoms with Crippen LogP contribution in [0.1, 0.15) is 24.3 Å². The van der Waals surface area contributed by atoms with Crippen LogP contribution in [0.5, 0.6) is 0 Å². The van der Waals surface area contributed by atoms with Crippen molar-refractivity contribution in [2.45, 2.75) is 25.6 Å². The Bertz CT molecular complexity index is 446. The molecular weight excluding hydrogens is 256 g/mol. The molecule has 1 saturated heterocycles. The first-order chi connectivity index (χ1) is 8.52. The van der Waals surface area contributed by atoms with Gasteiger partial charge < -0.3 is 14.7 Å². The maximum Gasteiger partial charge on any atom is 0.304 e. The van der Waals surface area contributed by atoms with Gasteiger partial charge in [0.1, 0.15) is 0 Å². The number of rotatable bonds is 4. The van der Waals surface area contributed by atoms with Gasteiger partial charge in [-0.05, 0) is 13.3 Å². The van der Waals surface area contributed by atoms with Crippen LogP contribution in [0.25, 0.3) is 0 Å². The fourth-order valence-corrected chi connectivity index (χ4v) is 3.16. The van der Waals surface area contributed by atoms with Crippen LogP contribution in [0.15, 0.2) is 6.07 Å². The largest absolute Gasteiger partial charge is 0.388 e. The molecule has 1 aliphatic rings. The average Bonchev–Trinajstić information content (AvgIpc) is 2.95. The van der Waals surface area contributed by atoms with Gasteiger partial charge in [0.25, 0.3) is 0 Å². The lowest BCUT2D eigenvalue weighted by Crippen LogP contribution is -2.21. The van der Waals surface area contributed by atoms with Crippen molar-refractivity contribution in [2.24, 2.45) is 0 Å². The van der Waals surface area contributed by atoms with Crippen molar-refractivity contribution in [1.82, 2.24) is 0 Å². The molecule has 1 aliphatic heterocycles. The highest BCUT2D eigenvalue weighted by Crippen LogP contribution is 2.41. The van der Waals surface area contributed by atoms with Crippen LogP contribution in [-0.2, 0) is 4.74 Å². The Morgan fingerprint density at radius 2 is 2.44 bits per heavy atom. The number of nitro groups is 1. The lowest BCUT2D eigenvalue weighted by atomic mass is 10.3. The molecule has 2 rings (SSSR count). The zero-order chi connectivity index (χ0) is 13.3. The Hall–Kier alpha value is -1.18. The lowest BCUT2D eigenvalue weighted by Gasteiger charge is -2.15. The summed E-state index contributed by atoms with van der Waals surface area (Å²) in [6, 6.07) is 1.46. The molecule has 0 spiro atoms. The smallest absolute Gasteiger partial charge is 0.304 e. The van der Waals surface area contributed by atoms with Gasteiger partial charge in [0.2, 0.25) is 0 Å². The standard InChI is InChI=1S/C11H16N2O4S/c1-7(14)10-5-9(13(15)16)11(18-10)12-4-3-8(6-12)17-2/h5,7-8,14H,3-4,6H2,1-2H3/t7-,8?/m1/s1. The van der Waals surface area contributed by atoms with Crippen molar-refractivity contribution in [1.29, 1.82) is 0 Å². The van der Waals surface area contributed by atoms with Gasteiger partial charge in [0.05, 0.1) is 17.1 Å². The molecular formula is C11H16N2O4S. The highest BCUT2D eigenvalue weighted by molar-refractivity contribution is 7.16. The molecule has 1 aromatic rings. The maximum atomic E-state index is 11.0. The summed E-state index contributed by atoms with van der Waals surface area (Å²) in [7, 11) is 1.65. The van der Waals surface area contributed by atoms with E-state index in [0.29, 0.717) is 16.4 Å². The third-order valence-electron chi connectivity index (χ3n) is 3.09. The molecule has 2 heterocycles. The predicted octanol–water partition coefficient (Wildman–Crippen LogP) is 1.93. The first-order valence-corrected chi connectivity index (χ1v) is 6.58. The van der Waals surface area contributed by atoms with Gasteiger partial charge >= 0.3 is 5.69 Å². The molecule has 2 atom stereocenters. The van der Waals surface area contributed by atoms with Gasteiger partial charge in [-0.3, -0.25) is 10.1 Å². The molecule has 0 bridgehead atoms. The quantitative estimate of drug-likeness (QED) is 0.669. The summed E-state index contributed by atoms with van der Waals surface area (Å²) in [5, 5.41) is 21.2. The summed E-state index contributed by atoms with van der Waals surface area (Å²) in [6.45, 7) is 3.03. The number of nitrogens with zero attached hydrogens (tertiary/aromatic N) is 2. The molecule has 1 aromatic heterocycles. The first-order valence-electron chi connectivity index (χ1n) is 5.77. The van der Waals surface area contributed by atoms with Gasteiger partial charge in [-0.1, -0.05) is 0 Å². The lowest BCUT2D eigenvalue weighted by molar-refractivity contribution is -0.383. The van der Waals surface area contributed by atoms with Crippen molar-refractivity contribution < 1.29 is 14.8 Å². The van der Waals surface area contributed by atoms with E-state index in [2.05, 4.69) is 0 Å². The Balaban J connectivity index is 2.28. The van der Waals surface area contributed by atoms with E-state index in [1.54, 1.807) is 14.0 Å². The first kappa shape index (κ1) is 13.3. The third-order valence-corrected chi connectivity index (χ3v) is 4.44. The van der Waals surface area contributed by atoms with E-state index in [9.17, 15) is 15.2 Å². The summed E-state index contributed by atoms with van der Waals surface area (Å²) in [6.07, 6.45) is 0.320. The number of ether oxygens (including phenoxy) is 1. The molecule has 1 N–H and O–H groups in total. The topological polar surface area (TPSA) is 75.8 Å². The minimum absolute atomic E-state index is 0.0765. The van der Waals surface area contributed by atoms with E-state index in [-0.39, 0.29) is 11.8 Å². The van der Waals surface area contributed by atoms with Crippen LogP contribution in [0.2, 0.25) is 0 Å². The van der Waals surface area contributed by atoms with Crippen LogP contribution in [0.4, 0.5) is 10.7 Å². The molecule has 18 heavy (non-hydrogen) atoms. The monoisotopic (exact) mass is 272 g/mol. The molecule has 7 heteroatoms. The Labute approximate surface area is 109 Å². The highest BCUT2D eigenvalue weighted by atomic mass is 32.1. The minimum atomic E-state index is -0.678. The molecule has 1 fully saturated rings. The predicted molar refractivity (Wildman–Crippen MR) is 69.2 cm³/mol. The van der Waals surface area contributed by atoms with Crippen molar-refractivity contribution >= 4 is 22.0 Å². The van der Waals surface area contributed by atoms with Crippen LogP contribution >= 0.6 is 11.3 Å². The summed E-state index contributed by atoms with van der Waals surface area (Å²) < 4.78 is 5.26. The molecule has 0 radical (unpaired) electrons. The number of methoxy groups -OCH3 is 1.